The van der Waals surface area contributed by atoms with Gasteiger partial charge in [-0.1, -0.05) is 6.07 Å². The molecule has 0 bridgehead atoms. The number of pyridine rings is 3. The van der Waals surface area contributed by atoms with E-state index < -0.39 is 0 Å². The Kier molecular flexibility index (Phi) is 5.56. The lowest BCUT2D eigenvalue weighted by molar-refractivity contribution is 0.460. The number of ether oxygens (including phenoxy) is 1. The van der Waals surface area contributed by atoms with Crippen molar-refractivity contribution in [3.63, 3.8) is 0 Å². The molecule has 0 spiro atoms. The van der Waals surface area contributed by atoms with Crippen molar-refractivity contribution in [1.82, 2.24) is 15.0 Å². The Morgan fingerprint density at radius 2 is 1.76 bits per heavy atom. The number of halogens is 1. The highest BCUT2D eigenvalue weighted by Gasteiger charge is 2.06. The zero-order valence-corrected chi connectivity index (χ0v) is 16.0. The second kappa shape index (κ2) is 8.61. The van der Waals surface area contributed by atoms with E-state index in [1.54, 1.807) is 24.5 Å². The molecule has 0 aliphatic heterocycles. The number of nitrogens with zero attached hydrogens (tertiary/aromatic N) is 3. The molecule has 4 rings (SSSR count). The molecule has 0 fully saturated rings. The normalized spacial score (nSPS) is 10.7. The molecule has 0 saturated heterocycles. The van der Waals surface area contributed by atoms with Gasteiger partial charge in [-0.05, 0) is 78.9 Å². The van der Waals surface area contributed by atoms with Crippen molar-refractivity contribution < 1.29 is 9.13 Å². The lowest BCUT2D eigenvalue weighted by atomic mass is 10.0. The fourth-order valence-electron chi connectivity index (χ4n) is 3.05. The number of aryl methyl sites for hydroxylation is 3. The molecule has 3 aromatic heterocycles. The largest absolute Gasteiger partial charge is 0.437 e. The van der Waals surface area contributed by atoms with E-state index in [1.807, 2.05) is 36.7 Å². The third-order valence-corrected chi connectivity index (χ3v) is 4.70. The number of rotatable bonds is 6. The molecule has 0 aliphatic rings. The molecule has 0 radical (unpaired) electrons. The molecule has 0 aliphatic carbocycles. The van der Waals surface area contributed by atoms with Crippen molar-refractivity contribution in [3.8, 4) is 22.9 Å². The Morgan fingerprint density at radius 3 is 2.45 bits per heavy atom. The predicted molar refractivity (Wildman–Crippen MR) is 110 cm³/mol. The van der Waals surface area contributed by atoms with Crippen LogP contribution in [0.15, 0.2) is 79.4 Å². The van der Waals surface area contributed by atoms with E-state index >= 15 is 0 Å². The van der Waals surface area contributed by atoms with E-state index in [1.165, 1.54) is 23.3 Å². The van der Waals surface area contributed by atoms with Gasteiger partial charge in [-0.25, -0.2) is 9.37 Å². The van der Waals surface area contributed by atoms with E-state index in [0.717, 1.165) is 29.7 Å². The molecule has 0 unspecified atom stereocenters. The zero-order valence-electron chi connectivity index (χ0n) is 16.0. The maximum Gasteiger partial charge on any atom is 0.219 e. The van der Waals surface area contributed by atoms with Gasteiger partial charge in [-0.3, -0.25) is 9.97 Å². The van der Waals surface area contributed by atoms with E-state index in [4.69, 9.17) is 4.74 Å². The van der Waals surface area contributed by atoms with E-state index in [0.29, 0.717) is 11.6 Å². The molecule has 1 aromatic carbocycles. The molecule has 0 atom stereocenters. The molecule has 5 heteroatoms. The van der Waals surface area contributed by atoms with E-state index in [9.17, 15) is 4.39 Å². The van der Waals surface area contributed by atoms with Crippen LogP contribution in [0.1, 0.15) is 16.7 Å². The highest BCUT2D eigenvalue weighted by molar-refractivity contribution is 5.59. The first-order valence-electron chi connectivity index (χ1n) is 9.42. The quantitative estimate of drug-likeness (QED) is 0.436. The molecular formula is C24H20FN3O. The van der Waals surface area contributed by atoms with Crippen LogP contribution in [0.5, 0.6) is 11.6 Å². The van der Waals surface area contributed by atoms with Crippen LogP contribution in [-0.2, 0) is 12.8 Å². The summed E-state index contributed by atoms with van der Waals surface area (Å²) in [6, 6.07) is 15.9. The molecule has 144 valence electrons. The summed E-state index contributed by atoms with van der Waals surface area (Å²) in [6.45, 7) is 2.06. The van der Waals surface area contributed by atoms with Gasteiger partial charge in [-0.15, -0.1) is 0 Å². The van der Waals surface area contributed by atoms with Gasteiger partial charge in [0.05, 0.1) is 11.9 Å². The van der Waals surface area contributed by atoms with Gasteiger partial charge in [0.15, 0.2) is 0 Å². The van der Waals surface area contributed by atoms with Crippen LogP contribution < -0.4 is 4.74 Å². The molecule has 0 amide bonds. The minimum absolute atomic E-state index is 0.265. The molecule has 0 saturated carbocycles. The van der Waals surface area contributed by atoms with Crippen molar-refractivity contribution in [2.75, 3.05) is 0 Å². The van der Waals surface area contributed by atoms with Gasteiger partial charge in [0, 0.05) is 30.2 Å². The molecular weight excluding hydrogens is 365 g/mol. The highest BCUT2D eigenvalue weighted by Crippen LogP contribution is 2.24. The van der Waals surface area contributed by atoms with Crippen LogP contribution in [0.25, 0.3) is 11.3 Å². The second-order valence-corrected chi connectivity index (χ2v) is 6.80. The van der Waals surface area contributed by atoms with Gasteiger partial charge >= 0.3 is 0 Å². The fraction of sp³-hybridized carbons (Fsp3) is 0.125. The Labute approximate surface area is 169 Å². The Morgan fingerprint density at radius 1 is 0.897 bits per heavy atom. The van der Waals surface area contributed by atoms with E-state index in [-0.39, 0.29) is 5.82 Å². The van der Waals surface area contributed by atoms with Crippen LogP contribution in [0.2, 0.25) is 0 Å². The van der Waals surface area contributed by atoms with Crippen LogP contribution in [0.3, 0.4) is 0 Å². The van der Waals surface area contributed by atoms with Crippen LogP contribution in [-0.4, -0.2) is 15.0 Å². The van der Waals surface area contributed by atoms with Crippen molar-refractivity contribution in [3.05, 3.63) is 102 Å². The number of hydrogen-bond acceptors (Lipinski definition) is 4. The Balaban J connectivity index is 1.41. The summed E-state index contributed by atoms with van der Waals surface area (Å²) in [4.78, 5) is 13.0. The van der Waals surface area contributed by atoms with Gasteiger partial charge in [0.1, 0.15) is 11.6 Å². The summed E-state index contributed by atoms with van der Waals surface area (Å²) in [5.41, 5.74) is 5.14. The smallest absolute Gasteiger partial charge is 0.219 e. The summed E-state index contributed by atoms with van der Waals surface area (Å²) in [5, 5.41) is 0. The standard InChI is InChI=1S/C24H20FN3O/c1-17-13-24(28-15-20(17)5-4-18-3-2-12-26-14-18)29-22-10-11-23(27-16-22)19-6-8-21(25)9-7-19/h2-3,6-16H,4-5H2,1H3. The van der Waals surface area contributed by atoms with Crippen molar-refractivity contribution in [1.29, 1.82) is 0 Å². The maximum atomic E-state index is 13.1. The zero-order chi connectivity index (χ0) is 20.1. The highest BCUT2D eigenvalue weighted by atomic mass is 19.1. The Bertz CT molecular complexity index is 1080. The monoisotopic (exact) mass is 385 g/mol. The number of benzene rings is 1. The van der Waals surface area contributed by atoms with Gasteiger partial charge in [0.2, 0.25) is 5.88 Å². The summed E-state index contributed by atoms with van der Waals surface area (Å²) in [7, 11) is 0. The first-order valence-corrected chi connectivity index (χ1v) is 9.42. The molecule has 4 nitrogen and oxygen atoms in total. The van der Waals surface area contributed by atoms with E-state index in [2.05, 4.69) is 27.9 Å². The maximum absolute atomic E-state index is 13.1. The second-order valence-electron chi connectivity index (χ2n) is 6.80. The van der Waals surface area contributed by atoms with Crippen molar-refractivity contribution >= 4 is 0 Å². The fourth-order valence-corrected chi connectivity index (χ4v) is 3.05. The van der Waals surface area contributed by atoms with Gasteiger partial charge in [-0.2, -0.15) is 0 Å². The first kappa shape index (κ1) is 18.7. The SMILES string of the molecule is Cc1cc(Oc2ccc(-c3ccc(F)cc3)nc2)ncc1CCc1cccnc1. The minimum Gasteiger partial charge on any atom is -0.437 e. The van der Waals surface area contributed by atoms with Crippen molar-refractivity contribution in [2.45, 2.75) is 19.8 Å². The van der Waals surface area contributed by atoms with Crippen molar-refractivity contribution in [2.24, 2.45) is 0 Å². The third-order valence-electron chi connectivity index (χ3n) is 4.70. The lowest BCUT2D eigenvalue weighted by Gasteiger charge is -2.09. The lowest BCUT2D eigenvalue weighted by Crippen LogP contribution is -1.97. The number of hydrogen-bond donors (Lipinski definition) is 0. The summed E-state index contributed by atoms with van der Waals surface area (Å²) in [5.74, 6) is 0.869. The van der Waals surface area contributed by atoms with Gasteiger partial charge in [0.25, 0.3) is 0 Å². The summed E-state index contributed by atoms with van der Waals surface area (Å²) >= 11 is 0. The average molecular weight is 385 g/mol. The molecule has 0 N–H and O–H groups in total. The Hall–Kier alpha value is -3.60. The van der Waals surface area contributed by atoms with Crippen LogP contribution in [0.4, 0.5) is 4.39 Å². The topological polar surface area (TPSA) is 47.9 Å². The van der Waals surface area contributed by atoms with Gasteiger partial charge < -0.3 is 4.74 Å². The summed E-state index contributed by atoms with van der Waals surface area (Å²) in [6.07, 6.45) is 9.00. The average Bonchev–Trinajstić information content (AvgIpc) is 2.75. The minimum atomic E-state index is -0.265. The van der Waals surface area contributed by atoms with Crippen LogP contribution in [0, 0.1) is 12.7 Å². The summed E-state index contributed by atoms with van der Waals surface area (Å²) < 4.78 is 18.9. The molecule has 4 aromatic rings. The number of aromatic nitrogens is 3. The third kappa shape index (κ3) is 4.82. The molecule has 3 heterocycles. The molecule has 29 heavy (non-hydrogen) atoms. The van der Waals surface area contributed by atoms with Crippen LogP contribution >= 0.6 is 0 Å². The first-order chi connectivity index (χ1) is 14.2. The predicted octanol–water partition coefficient (Wildman–Crippen LogP) is 5.56.